The highest BCUT2D eigenvalue weighted by atomic mass is 32.1. The first-order valence-electron chi connectivity index (χ1n) is 6.13. The van der Waals surface area contributed by atoms with Crippen LogP contribution in [0.15, 0.2) is 17.5 Å². The van der Waals surface area contributed by atoms with Gasteiger partial charge in [-0.2, -0.15) is 0 Å². The fraction of sp³-hybridized carbons (Fsp3) is 0.692. The number of rotatable bonds is 5. The number of thiophene rings is 1. The maximum absolute atomic E-state index is 3.62. The predicted molar refractivity (Wildman–Crippen MR) is 70.9 cm³/mol. The molecule has 90 valence electrons. The molecule has 1 heterocycles. The van der Waals surface area contributed by atoms with Crippen LogP contribution < -0.4 is 5.32 Å². The van der Waals surface area contributed by atoms with Crippen LogP contribution in [0.2, 0.25) is 0 Å². The SMILES string of the molecule is CN(C)C1(CNCc2cccs2)CCCC1. The molecule has 3 heteroatoms. The number of hydrogen-bond donors (Lipinski definition) is 1. The Morgan fingerprint density at radius 2 is 2.12 bits per heavy atom. The number of nitrogens with zero attached hydrogens (tertiary/aromatic N) is 1. The molecule has 1 aromatic heterocycles. The summed E-state index contributed by atoms with van der Waals surface area (Å²) >= 11 is 1.84. The van der Waals surface area contributed by atoms with Gasteiger partial charge in [-0.05, 0) is 38.4 Å². The maximum Gasteiger partial charge on any atom is 0.0328 e. The van der Waals surface area contributed by atoms with Crippen LogP contribution in [-0.2, 0) is 6.54 Å². The summed E-state index contributed by atoms with van der Waals surface area (Å²) in [7, 11) is 4.44. The Kier molecular flexibility index (Phi) is 4.00. The van der Waals surface area contributed by atoms with E-state index >= 15 is 0 Å². The van der Waals surface area contributed by atoms with Gasteiger partial charge in [-0.1, -0.05) is 18.9 Å². The normalized spacial score (nSPS) is 19.4. The van der Waals surface area contributed by atoms with E-state index in [1.54, 1.807) is 0 Å². The minimum Gasteiger partial charge on any atom is -0.310 e. The Bertz CT molecular complexity index is 300. The van der Waals surface area contributed by atoms with E-state index < -0.39 is 0 Å². The lowest BCUT2D eigenvalue weighted by Crippen LogP contribution is -2.49. The lowest BCUT2D eigenvalue weighted by atomic mass is 9.96. The van der Waals surface area contributed by atoms with E-state index in [0.717, 1.165) is 13.1 Å². The third-order valence-electron chi connectivity index (χ3n) is 3.82. The van der Waals surface area contributed by atoms with E-state index in [9.17, 15) is 0 Å². The van der Waals surface area contributed by atoms with Crippen molar-refractivity contribution >= 4 is 11.3 Å². The third-order valence-corrected chi connectivity index (χ3v) is 4.69. The molecule has 0 radical (unpaired) electrons. The first kappa shape index (κ1) is 12.1. The molecule has 0 saturated heterocycles. The first-order chi connectivity index (χ1) is 7.73. The van der Waals surface area contributed by atoms with Gasteiger partial charge in [0.2, 0.25) is 0 Å². The van der Waals surface area contributed by atoms with Crippen molar-refractivity contribution in [3.63, 3.8) is 0 Å². The van der Waals surface area contributed by atoms with E-state index in [2.05, 4.69) is 41.8 Å². The summed E-state index contributed by atoms with van der Waals surface area (Å²) in [6.45, 7) is 2.14. The zero-order valence-electron chi connectivity index (χ0n) is 10.3. The number of likely N-dealkylation sites (N-methyl/N-ethyl adjacent to an activating group) is 1. The Labute approximate surface area is 103 Å². The highest BCUT2D eigenvalue weighted by Crippen LogP contribution is 2.33. The molecule has 0 aliphatic heterocycles. The van der Waals surface area contributed by atoms with Crippen LogP contribution in [0.25, 0.3) is 0 Å². The molecule has 0 amide bonds. The molecule has 0 bridgehead atoms. The Balaban J connectivity index is 1.83. The van der Waals surface area contributed by atoms with Gasteiger partial charge in [0.15, 0.2) is 0 Å². The molecule has 1 saturated carbocycles. The Morgan fingerprint density at radius 1 is 1.38 bits per heavy atom. The molecule has 1 aliphatic carbocycles. The van der Waals surface area contributed by atoms with Crippen molar-refractivity contribution < 1.29 is 0 Å². The fourth-order valence-electron chi connectivity index (χ4n) is 2.65. The van der Waals surface area contributed by atoms with Crippen molar-refractivity contribution in [1.82, 2.24) is 10.2 Å². The lowest BCUT2D eigenvalue weighted by molar-refractivity contribution is 0.154. The second-order valence-electron chi connectivity index (χ2n) is 5.01. The van der Waals surface area contributed by atoms with Crippen molar-refractivity contribution in [3.8, 4) is 0 Å². The van der Waals surface area contributed by atoms with Crippen molar-refractivity contribution in [1.29, 1.82) is 0 Å². The summed E-state index contributed by atoms with van der Waals surface area (Å²) in [6, 6.07) is 4.33. The first-order valence-corrected chi connectivity index (χ1v) is 7.01. The van der Waals surface area contributed by atoms with Gasteiger partial charge in [0.1, 0.15) is 0 Å². The molecular formula is C13H22N2S. The summed E-state index contributed by atoms with van der Waals surface area (Å²) in [5, 5.41) is 5.77. The van der Waals surface area contributed by atoms with E-state index in [1.165, 1.54) is 30.6 Å². The zero-order valence-corrected chi connectivity index (χ0v) is 11.1. The van der Waals surface area contributed by atoms with Gasteiger partial charge in [0.25, 0.3) is 0 Å². The van der Waals surface area contributed by atoms with Gasteiger partial charge >= 0.3 is 0 Å². The monoisotopic (exact) mass is 238 g/mol. The lowest BCUT2D eigenvalue weighted by Gasteiger charge is -2.36. The summed E-state index contributed by atoms with van der Waals surface area (Å²) in [6.07, 6.45) is 5.46. The zero-order chi connectivity index (χ0) is 11.4. The predicted octanol–water partition coefficient (Wildman–Crippen LogP) is 2.71. The van der Waals surface area contributed by atoms with E-state index in [0.29, 0.717) is 5.54 Å². The van der Waals surface area contributed by atoms with Crippen molar-refractivity contribution in [2.45, 2.75) is 37.8 Å². The maximum atomic E-state index is 3.62. The topological polar surface area (TPSA) is 15.3 Å². The van der Waals surface area contributed by atoms with Gasteiger partial charge < -0.3 is 10.2 Å². The molecule has 1 fully saturated rings. The van der Waals surface area contributed by atoms with Gasteiger partial charge in [0, 0.05) is 23.5 Å². The highest BCUT2D eigenvalue weighted by molar-refractivity contribution is 7.09. The van der Waals surface area contributed by atoms with E-state index in [4.69, 9.17) is 0 Å². The molecule has 0 unspecified atom stereocenters. The summed E-state index contributed by atoms with van der Waals surface area (Å²) in [5.74, 6) is 0. The van der Waals surface area contributed by atoms with Crippen molar-refractivity contribution in [3.05, 3.63) is 22.4 Å². The van der Waals surface area contributed by atoms with Crippen LogP contribution in [0.4, 0.5) is 0 Å². The van der Waals surface area contributed by atoms with Crippen LogP contribution >= 0.6 is 11.3 Å². The molecule has 1 N–H and O–H groups in total. The van der Waals surface area contributed by atoms with Crippen LogP contribution in [0.1, 0.15) is 30.6 Å². The van der Waals surface area contributed by atoms with Gasteiger partial charge in [-0.25, -0.2) is 0 Å². The van der Waals surface area contributed by atoms with E-state index in [-0.39, 0.29) is 0 Å². The standard InChI is InChI=1S/C13H22N2S/c1-15(2)13(7-3-4-8-13)11-14-10-12-6-5-9-16-12/h5-6,9,14H,3-4,7-8,10-11H2,1-2H3. The van der Waals surface area contributed by atoms with Gasteiger partial charge in [0.05, 0.1) is 0 Å². The molecule has 0 aromatic carbocycles. The minimum atomic E-state index is 0.414. The highest BCUT2D eigenvalue weighted by Gasteiger charge is 2.35. The summed E-state index contributed by atoms with van der Waals surface area (Å²) < 4.78 is 0. The molecule has 2 nitrogen and oxygen atoms in total. The molecule has 16 heavy (non-hydrogen) atoms. The Morgan fingerprint density at radius 3 is 2.69 bits per heavy atom. The van der Waals surface area contributed by atoms with Crippen LogP contribution in [0.5, 0.6) is 0 Å². The van der Waals surface area contributed by atoms with Crippen LogP contribution in [-0.4, -0.2) is 31.1 Å². The smallest absolute Gasteiger partial charge is 0.0328 e. The molecule has 0 spiro atoms. The average molecular weight is 238 g/mol. The van der Waals surface area contributed by atoms with Crippen molar-refractivity contribution in [2.24, 2.45) is 0 Å². The van der Waals surface area contributed by atoms with Crippen LogP contribution in [0, 0.1) is 0 Å². The summed E-state index contributed by atoms with van der Waals surface area (Å²) in [4.78, 5) is 3.86. The van der Waals surface area contributed by atoms with Crippen molar-refractivity contribution in [2.75, 3.05) is 20.6 Å². The van der Waals surface area contributed by atoms with Crippen LogP contribution in [0.3, 0.4) is 0 Å². The van der Waals surface area contributed by atoms with Gasteiger partial charge in [-0.15, -0.1) is 11.3 Å². The fourth-order valence-corrected chi connectivity index (χ4v) is 3.32. The quantitative estimate of drug-likeness (QED) is 0.848. The third kappa shape index (κ3) is 2.65. The van der Waals surface area contributed by atoms with Gasteiger partial charge in [-0.3, -0.25) is 0 Å². The number of nitrogens with one attached hydrogen (secondary N) is 1. The second kappa shape index (κ2) is 5.30. The molecule has 1 aromatic rings. The summed E-state index contributed by atoms with van der Waals surface area (Å²) in [5.41, 5.74) is 0.414. The number of hydrogen-bond acceptors (Lipinski definition) is 3. The largest absolute Gasteiger partial charge is 0.310 e. The molecule has 1 aliphatic rings. The molecule has 0 atom stereocenters. The molecule has 2 rings (SSSR count). The Hall–Kier alpha value is -0.380. The van der Waals surface area contributed by atoms with E-state index in [1.807, 2.05) is 11.3 Å². The minimum absolute atomic E-state index is 0.414. The average Bonchev–Trinajstić information content (AvgIpc) is 2.88. The molecular weight excluding hydrogens is 216 g/mol. The second-order valence-corrected chi connectivity index (χ2v) is 6.04.